The van der Waals surface area contributed by atoms with Crippen LogP contribution in [0.25, 0.3) is 0 Å². The fourth-order valence-electron chi connectivity index (χ4n) is 2.31. The molecule has 23 heavy (non-hydrogen) atoms. The second kappa shape index (κ2) is 10.0. The van der Waals surface area contributed by atoms with Gasteiger partial charge < -0.3 is 16.4 Å². The highest BCUT2D eigenvalue weighted by atomic mass is 16.1. The normalized spacial score (nSPS) is 14.1. The van der Waals surface area contributed by atoms with Gasteiger partial charge in [-0.15, -0.1) is 0 Å². The molecule has 1 aromatic heterocycles. The Kier molecular flexibility index (Phi) is 8.37. The van der Waals surface area contributed by atoms with E-state index in [-0.39, 0.29) is 11.9 Å². The number of nitrogens with one attached hydrogen (secondary N) is 2. The van der Waals surface area contributed by atoms with Crippen molar-refractivity contribution in [1.29, 1.82) is 0 Å². The number of amides is 1. The van der Waals surface area contributed by atoms with Gasteiger partial charge in [0.25, 0.3) is 0 Å². The zero-order valence-corrected chi connectivity index (χ0v) is 14.9. The number of anilines is 2. The van der Waals surface area contributed by atoms with Crippen LogP contribution in [0.5, 0.6) is 0 Å². The number of aryl methyl sites for hydroxylation is 1. The molecule has 1 aromatic rings. The third-order valence-electron chi connectivity index (χ3n) is 3.74. The van der Waals surface area contributed by atoms with E-state index >= 15 is 0 Å². The van der Waals surface area contributed by atoms with Gasteiger partial charge >= 0.3 is 0 Å². The van der Waals surface area contributed by atoms with Crippen LogP contribution in [-0.4, -0.2) is 28.5 Å². The molecule has 0 fully saturated rings. The van der Waals surface area contributed by atoms with Gasteiger partial charge in [-0.2, -0.15) is 4.98 Å². The van der Waals surface area contributed by atoms with Crippen LogP contribution >= 0.6 is 0 Å². The molecule has 1 aliphatic carbocycles. The van der Waals surface area contributed by atoms with Gasteiger partial charge in [0.15, 0.2) is 0 Å². The van der Waals surface area contributed by atoms with E-state index in [1.54, 1.807) is 0 Å². The Labute approximate surface area is 139 Å². The minimum Gasteiger partial charge on any atom is -0.368 e. The van der Waals surface area contributed by atoms with Gasteiger partial charge in [-0.25, -0.2) is 4.98 Å². The van der Waals surface area contributed by atoms with Crippen molar-refractivity contribution in [2.75, 3.05) is 17.6 Å². The number of hydrogen-bond donors (Lipinski definition) is 3. The third-order valence-corrected chi connectivity index (χ3v) is 3.74. The molecule has 0 radical (unpaired) electrons. The Hall–Kier alpha value is -1.85. The molecule has 1 amide bonds. The minimum absolute atomic E-state index is 0.0297. The highest BCUT2D eigenvalue weighted by Crippen LogP contribution is 2.26. The second-order valence-electron chi connectivity index (χ2n) is 6.05. The number of carbonyl (C=O) groups is 1. The zero-order chi connectivity index (χ0) is 17.2. The molecule has 6 heteroatoms. The summed E-state index contributed by atoms with van der Waals surface area (Å²) in [6, 6.07) is 0.101. The van der Waals surface area contributed by atoms with Crippen molar-refractivity contribution in [3.8, 4) is 0 Å². The summed E-state index contributed by atoms with van der Waals surface area (Å²) in [5.74, 6) is 1.10. The molecule has 2 rings (SSSR count). The predicted molar refractivity (Wildman–Crippen MR) is 95.4 cm³/mol. The minimum atomic E-state index is -0.0297. The van der Waals surface area contributed by atoms with Crippen molar-refractivity contribution in [3.05, 3.63) is 11.3 Å². The molecule has 6 nitrogen and oxygen atoms in total. The predicted octanol–water partition coefficient (Wildman–Crippen LogP) is 2.68. The Morgan fingerprint density at radius 1 is 1.22 bits per heavy atom. The lowest BCUT2D eigenvalue weighted by atomic mass is 9.96. The monoisotopic (exact) mass is 321 g/mol. The molecule has 0 aliphatic heterocycles. The lowest BCUT2D eigenvalue weighted by molar-refractivity contribution is -0.118. The van der Waals surface area contributed by atoms with Crippen molar-refractivity contribution in [1.82, 2.24) is 15.3 Å². The van der Waals surface area contributed by atoms with E-state index in [1.165, 1.54) is 25.3 Å². The molecule has 130 valence electrons. The van der Waals surface area contributed by atoms with Gasteiger partial charge in [-0.1, -0.05) is 26.7 Å². The van der Waals surface area contributed by atoms with Gasteiger partial charge in [-0.3, -0.25) is 4.79 Å². The number of nitrogens with two attached hydrogens (primary N) is 1. The molecular weight excluding hydrogens is 290 g/mol. The standard InChI is InChI=1S/C13H21N5O.C4H10/c1-8(7-15-9(2)19)16-12-10-5-3-4-6-11(10)17-13(14)18-12;1-3-4-2/h8H,3-7H2,1-2H3,(H,15,19)(H3,14,16,17,18);3-4H2,1-2H3/t8-;/m0./s1. The number of aromatic nitrogens is 2. The topological polar surface area (TPSA) is 92.9 Å². The second-order valence-corrected chi connectivity index (χ2v) is 6.05. The summed E-state index contributed by atoms with van der Waals surface area (Å²) < 4.78 is 0. The summed E-state index contributed by atoms with van der Waals surface area (Å²) in [6.07, 6.45) is 6.92. The first-order valence-electron chi connectivity index (χ1n) is 8.64. The van der Waals surface area contributed by atoms with E-state index in [2.05, 4.69) is 34.4 Å². The third kappa shape index (κ3) is 6.84. The zero-order valence-electron chi connectivity index (χ0n) is 14.9. The smallest absolute Gasteiger partial charge is 0.222 e. The SMILES string of the molecule is CC(=O)NC[C@H](C)Nc1nc(N)nc2c1CCCC2.CCCC. The van der Waals surface area contributed by atoms with Crippen LogP contribution in [0.1, 0.15) is 64.6 Å². The fraction of sp³-hybridized carbons (Fsp3) is 0.706. The number of rotatable bonds is 5. The average Bonchev–Trinajstić information content (AvgIpc) is 2.53. The van der Waals surface area contributed by atoms with Gasteiger partial charge in [0.2, 0.25) is 11.9 Å². The van der Waals surface area contributed by atoms with Crippen molar-refractivity contribution in [2.24, 2.45) is 0 Å². The largest absolute Gasteiger partial charge is 0.368 e. The molecular formula is C17H31N5O. The van der Waals surface area contributed by atoms with Crippen molar-refractivity contribution >= 4 is 17.7 Å². The highest BCUT2D eigenvalue weighted by molar-refractivity contribution is 5.72. The van der Waals surface area contributed by atoms with Crippen LogP contribution in [0.2, 0.25) is 0 Å². The van der Waals surface area contributed by atoms with E-state index in [4.69, 9.17) is 5.73 Å². The van der Waals surface area contributed by atoms with Gasteiger partial charge in [0, 0.05) is 25.1 Å². The van der Waals surface area contributed by atoms with Crippen LogP contribution < -0.4 is 16.4 Å². The average molecular weight is 321 g/mol. The van der Waals surface area contributed by atoms with E-state index in [9.17, 15) is 4.79 Å². The maximum Gasteiger partial charge on any atom is 0.222 e. The number of hydrogen-bond acceptors (Lipinski definition) is 5. The summed E-state index contributed by atoms with van der Waals surface area (Å²) in [4.78, 5) is 19.5. The molecule has 0 unspecified atom stereocenters. The number of nitrogens with zero attached hydrogens (tertiary/aromatic N) is 2. The first kappa shape index (κ1) is 19.2. The van der Waals surface area contributed by atoms with Crippen LogP contribution in [0.3, 0.4) is 0 Å². The summed E-state index contributed by atoms with van der Waals surface area (Å²) in [5.41, 5.74) is 7.99. The van der Waals surface area contributed by atoms with Crippen LogP contribution in [-0.2, 0) is 17.6 Å². The fourth-order valence-corrected chi connectivity index (χ4v) is 2.31. The number of unbranched alkanes of at least 4 members (excludes halogenated alkanes) is 1. The van der Waals surface area contributed by atoms with Crippen molar-refractivity contribution < 1.29 is 4.79 Å². The molecule has 0 saturated carbocycles. The summed E-state index contributed by atoms with van der Waals surface area (Å²) >= 11 is 0. The molecule has 0 bridgehead atoms. The molecule has 1 heterocycles. The summed E-state index contributed by atoms with van der Waals surface area (Å²) in [7, 11) is 0. The Balaban J connectivity index is 0.000000593. The van der Waals surface area contributed by atoms with Gasteiger partial charge in [0.05, 0.1) is 5.69 Å². The van der Waals surface area contributed by atoms with E-state index in [1.807, 2.05) is 6.92 Å². The number of carbonyl (C=O) groups excluding carboxylic acids is 1. The Bertz CT molecular complexity index is 502. The first-order chi connectivity index (χ1) is 11.0. The van der Waals surface area contributed by atoms with E-state index in [0.717, 1.165) is 37.2 Å². The van der Waals surface area contributed by atoms with Crippen LogP contribution in [0.15, 0.2) is 0 Å². The Morgan fingerprint density at radius 2 is 1.87 bits per heavy atom. The maximum absolute atomic E-state index is 10.9. The van der Waals surface area contributed by atoms with Gasteiger partial charge in [-0.05, 0) is 32.6 Å². The lowest BCUT2D eigenvalue weighted by Gasteiger charge is -2.21. The molecule has 0 spiro atoms. The van der Waals surface area contributed by atoms with Crippen molar-refractivity contribution in [3.63, 3.8) is 0 Å². The van der Waals surface area contributed by atoms with Crippen molar-refractivity contribution in [2.45, 2.75) is 72.3 Å². The van der Waals surface area contributed by atoms with E-state index < -0.39 is 0 Å². The molecule has 0 saturated heterocycles. The molecule has 1 aliphatic rings. The summed E-state index contributed by atoms with van der Waals surface area (Å²) in [5, 5.41) is 6.10. The van der Waals surface area contributed by atoms with Crippen LogP contribution in [0.4, 0.5) is 11.8 Å². The molecule has 4 N–H and O–H groups in total. The molecule has 0 aromatic carbocycles. The van der Waals surface area contributed by atoms with E-state index in [0.29, 0.717) is 12.5 Å². The lowest BCUT2D eigenvalue weighted by Crippen LogP contribution is -2.34. The number of fused-ring (bicyclic) bond motifs is 1. The first-order valence-corrected chi connectivity index (χ1v) is 8.64. The Morgan fingerprint density at radius 3 is 2.48 bits per heavy atom. The number of nitrogen functional groups attached to an aromatic ring is 1. The molecule has 1 atom stereocenters. The van der Waals surface area contributed by atoms with Crippen LogP contribution in [0, 0.1) is 0 Å². The summed E-state index contributed by atoms with van der Waals surface area (Å²) in [6.45, 7) is 8.44. The quantitative estimate of drug-likeness (QED) is 0.775. The highest BCUT2D eigenvalue weighted by Gasteiger charge is 2.18. The van der Waals surface area contributed by atoms with Gasteiger partial charge in [0.1, 0.15) is 5.82 Å². The maximum atomic E-state index is 10.9.